The number of hydrogen-bond acceptors (Lipinski definition) is 5. The summed E-state index contributed by atoms with van der Waals surface area (Å²) >= 11 is 0. The van der Waals surface area contributed by atoms with Crippen molar-refractivity contribution in [3.63, 3.8) is 0 Å². The molecule has 2 N–H and O–H groups in total. The zero-order valence-electron chi connectivity index (χ0n) is 15.6. The molecule has 1 saturated carbocycles. The van der Waals surface area contributed by atoms with Crippen LogP contribution < -0.4 is 15.5 Å². The van der Waals surface area contributed by atoms with E-state index in [0.29, 0.717) is 28.6 Å². The first kappa shape index (κ1) is 19.7. The number of pyridine rings is 1. The molecule has 1 fully saturated rings. The van der Waals surface area contributed by atoms with Gasteiger partial charge in [0.15, 0.2) is 5.89 Å². The smallest absolute Gasteiger partial charge is 0.448 e. The van der Waals surface area contributed by atoms with Crippen LogP contribution >= 0.6 is 0 Å². The first-order valence-corrected chi connectivity index (χ1v) is 9.14. The van der Waals surface area contributed by atoms with Crippen molar-refractivity contribution in [1.82, 2.24) is 14.9 Å². The van der Waals surface area contributed by atoms with Gasteiger partial charge in [-0.3, -0.25) is 9.98 Å². The van der Waals surface area contributed by atoms with Crippen LogP contribution in [0.15, 0.2) is 53.3 Å². The molecule has 0 bridgehead atoms. The summed E-state index contributed by atoms with van der Waals surface area (Å²) in [5.74, 6) is 0.702. The number of alkyl halides is 3. The van der Waals surface area contributed by atoms with Gasteiger partial charge in [0.1, 0.15) is 17.5 Å². The summed E-state index contributed by atoms with van der Waals surface area (Å²) in [7, 11) is 0. The van der Waals surface area contributed by atoms with Gasteiger partial charge in [0.2, 0.25) is 0 Å². The van der Waals surface area contributed by atoms with Crippen LogP contribution in [-0.4, -0.2) is 21.9 Å². The summed E-state index contributed by atoms with van der Waals surface area (Å²) in [6.45, 7) is 0.148. The number of amides is 1. The molecule has 2 heterocycles. The number of benzene rings is 1. The number of carbonyl (C=O) groups is 1. The summed E-state index contributed by atoms with van der Waals surface area (Å²) in [6.07, 6.45) is 0.288. The fourth-order valence-electron chi connectivity index (χ4n) is 2.86. The van der Waals surface area contributed by atoms with E-state index in [-0.39, 0.29) is 17.8 Å². The van der Waals surface area contributed by atoms with Crippen LogP contribution in [0.3, 0.4) is 0 Å². The van der Waals surface area contributed by atoms with Gasteiger partial charge in [0.25, 0.3) is 0 Å². The van der Waals surface area contributed by atoms with Crippen molar-refractivity contribution in [2.75, 3.05) is 0 Å². The number of hydrogen-bond donors (Lipinski definition) is 2. The fraction of sp³-hybridized carbons (Fsp3) is 0.250. The minimum atomic E-state index is -4.77. The second-order valence-electron chi connectivity index (χ2n) is 6.86. The van der Waals surface area contributed by atoms with Gasteiger partial charge in [-0.05, 0) is 48.2 Å². The van der Waals surface area contributed by atoms with E-state index in [1.807, 2.05) is 0 Å². The van der Waals surface area contributed by atoms with Crippen LogP contribution in [0.2, 0.25) is 0 Å². The van der Waals surface area contributed by atoms with Gasteiger partial charge in [0, 0.05) is 12.1 Å². The Kier molecular flexibility index (Phi) is 5.06. The highest BCUT2D eigenvalue weighted by molar-refractivity contribution is 5.78. The summed E-state index contributed by atoms with van der Waals surface area (Å²) in [5.41, 5.74) is 1.66. The van der Waals surface area contributed by atoms with Gasteiger partial charge >= 0.3 is 12.4 Å². The Morgan fingerprint density at radius 3 is 2.57 bits per heavy atom. The van der Waals surface area contributed by atoms with Crippen LogP contribution in [0.5, 0.6) is 5.75 Å². The fourth-order valence-corrected chi connectivity index (χ4v) is 2.86. The van der Waals surface area contributed by atoms with Gasteiger partial charge in [-0.2, -0.15) is 0 Å². The standard InChI is InChI=1S/C20H17F3N4O3/c21-20(22,23)30-16-6-3-12(4-7-16)14-5-8-17(24)27(10-14)19(28)25-9-15-11-29-18(26-15)13-1-2-13/h3-8,10-11,13,24H,1-2,9H2,(H,25,28). The highest BCUT2D eigenvalue weighted by Gasteiger charge is 2.31. The third-order valence-corrected chi connectivity index (χ3v) is 4.51. The van der Waals surface area contributed by atoms with Crippen LogP contribution in [0, 0.1) is 5.41 Å². The van der Waals surface area contributed by atoms with Crippen molar-refractivity contribution in [2.24, 2.45) is 0 Å². The molecule has 0 spiro atoms. The number of rotatable bonds is 5. The SMILES string of the molecule is N=c1ccc(-c2ccc(OC(F)(F)F)cc2)cn1C(=O)NCc1coc(C2CC2)n1. The van der Waals surface area contributed by atoms with E-state index in [2.05, 4.69) is 15.0 Å². The molecule has 0 unspecified atom stereocenters. The molecular formula is C20H17F3N4O3. The average molecular weight is 418 g/mol. The topological polar surface area (TPSA) is 93.1 Å². The molecule has 1 aliphatic carbocycles. The molecule has 0 saturated heterocycles. The number of aromatic nitrogens is 2. The largest absolute Gasteiger partial charge is 0.573 e. The monoisotopic (exact) mass is 418 g/mol. The Morgan fingerprint density at radius 1 is 1.20 bits per heavy atom. The second-order valence-corrected chi connectivity index (χ2v) is 6.86. The van der Waals surface area contributed by atoms with Gasteiger partial charge in [-0.25, -0.2) is 9.78 Å². The third-order valence-electron chi connectivity index (χ3n) is 4.51. The normalized spacial score (nSPS) is 13.8. The van der Waals surface area contributed by atoms with Crippen LogP contribution in [0.1, 0.15) is 30.3 Å². The molecule has 156 valence electrons. The molecule has 30 heavy (non-hydrogen) atoms. The molecule has 10 heteroatoms. The predicted molar refractivity (Wildman–Crippen MR) is 98.5 cm³/mol. The number of oxazole rings is 1. The van der Waals surface area contributed by atoms with E-state index in [4.69, 9.17) is 9.83 Å². The molecule has 0 atom stereocenters. The number of nitrogens with zero attached hydrogens (tertiary/aromatic N) is 2. The van der Waals surface area contributed by atoms with E-state index < -0.39 is 12.4 Å². The Balaban J connectivity index is 1.46. The zero-order chi connectivity index (χ0) is 21.3. The maximum Gasteiger partial charge on any atom is 0.573 e. The van der Waals surface area contributed by atoms with E-state index >= 15 is 0 Å². The summed E-state index contributed by atoms with van der Waals surface area (Å²) < 4.78 is 47.2. The number of ether oxygens (including phenoxy) is 1. The molecule has 3 aromatic rings. The van der Waals surface area contributed by atoms with E-state index in [1.54, 1.807) is 6.07 Å². The van der Waals surface area contributed by atoms with Gasteiger partial charge < -0.3 is 14.5 Å². The highest BCUT2D eigenvalue weighted by Crippen LogP contribution is 2.39. The third kappa shape index (κ3) is 4.70. The zero-order valence-corrected chi connectivity index (χ0v) is 15.6. The molecule has 7 nitrogen and oxygen atoms in total. The molecule has 4 rings (SSSR count). The van der Waals surface area contributed by atoms with E-state index in [9.17, 15) is 18.0 Å². The minimum absolute atomic E-state index is 0.0490. The molecule has 1 aliphatic rings. The highest BCUT2D eigenvalue weighted by atomic mass is 19.4. The van der Waals surface area contributed by atoms with Crippen molar-refractivity contribution in [3.05, 3.63) is 65.9 Å². The minimum Gasteiger partial charge on any atom is -0.448 e. The van der Waals surface area contributed by atoms with Gasteiger partial charge in [-0.1, -0.05) is 12.1 Å². The number of carbonyl (C=O) groups excluding carboxylic acids is 1. The summed E-state index contributed by atoms with van der Waals surface area (Å²) in [4.78, 5) is 16.8. The Hall–Kier alpha value is -3.56. The number of halogens is 3. The molecule has 0 radical (unpaired) electrons. The van der Waals surface area contributed by atoms with Gasteiger partial charge in [-0.15, -0.1) is 13.2 Å². The molecule has 1 amide bonds. The van der Waals surface area contributed by atoms with E-state index in [0.717, 1.165) is 17.4 Å². The average Bonchev–Trinajstić information content (AvgIpc) is 3.44. The quantitative estimate of drug-likeness (QED) is 0.651. The lowest BCUT2D eigenvalue weighted by atomic mass is 10.1. The van der Waals surface area contributed by atoms with Crippen LogP contribution in [-0.2, 0) is 6.54 Å². The van der Waals surface area contributed by atoms with Crippen LogP contribution in [0.4, 0.5) is 18.0 Å². The molecule has 2 aromatic heterocycles. The lowest BCUT2D eigenvalue weighted by Gasteiger charge is -2.11. The van der Waals surface area contributed by atoms with Crippen molar-refractivity contribution in [1.29, 1.82) is 5.41 Å². The van der Waals surface area contributed by atoms with Crippen LogP contribution in [0.25, 0.3) is 11.1 Å². The maximum atomic E-state index is 12.5. The molecule has 0 aliphatic heterocycles. The molecule has 1 aromatic carbocycles. The Labute approximate surface area is 168 Å². The van der Waals surface area contributed by atoms with Crippen molar-refractivity contribution < 1.29 is 27.1 Å². The van der Waals surface area contributed by atoms with Crippen molar-refractivity contribution in [2.45, 2.75) is 31.7 Å². The summed E-state index contributed by atoms with van der Waals surface area (Å²) in [6, 6.07) is 7.75. The maximum absolute atomic E-state index is 12.5. The first-order chi connectivity index (χ1) is 14.3. The van der Waals surface area contributed by atoms with Crippen molar-refractivity contribution >= 4 is 6.03 Å². The lowest BCUT2D eigenvalue weighted by Crippen LogP contribution is -2.35. The Bertz CT molecular complexity index is 1120. The van der Waals surface area contributed by atoms with E-state index in [1.165, 1.54) is 42.8 Å². The Morgan fingerprint density at radius 2 is 1.90 bits per heavy atom. The lowest BCUT2D eigenvalue weighted by molar-refractivity contribution is -0.274. The van der Waals surface area contributed by atoms with Gasteiger partial charge in [0.05, 0.1) is 12.2 Å². The first-order valence-electron chi connectivity index (χ1n) is 9.14. The number of nitrogens with one attached hydrogen (secondary N) is 2. The summed E-state index contributed by atoms with van der Waals surface area (Å²) in [5, 5.41) is 10.6. The van der Waals surface area contributed by atoms with Crippen molar-refractivity contribution in [3.8, 4) is 16.9 Å². The molecular weight excluding hydrogens is 401 g/mol. The second kappa shape index (κ2) is 7.69. The predicted octanol–water partition coefficient (Wildman–Crippen LogP) is 4.16.